The molecule has 0 aliphatic carbocycles. The predicted octanol–water partition coefficient (Wildman–Crippen LogP) is 3.47. The third-order valence-corrected chi connectivity index (χ3v) is 3.71. The maximum Gasteiger partial charge on any atom is 0.253 e. The topological polar surface area (TPSA) is 52.6 Å². The number of phenolic OH excluding ortho intramolecular Hbond substituents is 1. The standard InChI is InChI=1S/C16H17BrN2O2/c1-19(2)16(21)11-5-3-7-13(9-11)18-10-12-6-4-8-14(17)15(12)20/h3-9,18,20H,10H2,1-2H3. The van der Waals surface area contributed by atoms with Crippen LogP contribution in [-0.2, 0) is 6.54 Å². The van der Waals surface area contributed by atoms with E-state index in [1.54, 1.807) is 37.2 Å². The summed E-state index contributed by atoms with van der Waals surface area (Å²) in [5.41, 5.74) is 2.25. The number of nitrogens with one attached hydrogen (secondary N) is 1. The minimum absolute atomic E-state index is 0.0380. The van der Waals surface area contributed by atoms with Gasteiger partial charge in [0.05, 0.1) is 4.47 Å². The van der Waals surface area contributed by atoms with Gasteiger partial charge in [0.25, 0.3) is 5.91 Å². The fourth-order valence-electron chi connectivity index (χ4n) is 1.92. The van der Waals surface area contributed by atoms with E-state index in [1.807, 2.05) is 24.3 Å². The van der Waals surface area contributed by atoms with E-state index in [0.717, 1.165) is 11.3 Å². The number of benzene rings is 2. The summed E-state index contributed by atoms with van der Waals surface area (Å²) in [7, 11) is 3.45. The average Bonchev–Trinajstić information content (AvgIpc) is 2.48. The summed E-state index contributed by atoms with van der Waals surface area (Å²) in [6, 6.07) is 12.8. The predicted molar refractivity (Wildman–Crippen MR) is 87.6 cm³/mol. The number of amides is 1. The number of halogens is 1. The molecular formula is C16H17BrN2O2. The maximum absolute atomic E-state index is 11.9. The molecular weight excluding hydrogens is 332 g/mol. The minimum atomic E-state index is -0.0380. The molecule has 0 aliphatic rings. The summed E-state index contributed by atoms with van der Waals surface area (Å²) in [6.07, 6.45) is 0. The third-order valence-electron chi connectivity index (χ3n) is 3.07. The molecule has 0 aliphatic heterocycles. The van der Waals surface area contributed by atoms with Crippen LogP contribution in [0.15, 0.2) is 46.9 Å². The van der Waals surface area contributed by atoms with Crippen LogP contribution < -0.4 is 5.32 Å². The molecule has 21 heavy (non-hydrogen) atoms. The Morgan fingerprint density at radius 2 is 1.95 bits per heavy atom. The molecule has 0 aromatic heterocycles. The van der Waals surface area contributed by atoms with Crippen molar-refractivity contribution in [3.63, 3.8) is 0 Å². The molecule has 4 nitrogen and oxygen atoms in total. The van der Waals surface area contributed by atoms with Crippen molar-refractivity contribution in [3.8, 4) is 5.75 Å². The smallest absolute Gasteiger partial charge is 0.253 e. The van der Waals surface area contributed by atoms with Gasteiger partial charge in [-0.15, -0.1) is 0 Å². The normalized spacial score (nSPS) is 10.2. The summed E-state index contributed by atoms with van der Waals surface area (Å²) in [5.74, 6) is 0.189. The highest BCUT2D eigenvalue weighted by Crippen LogP contribution is 2.28. The monoisotopic (exact) mass is 348 g/mol. The van der Waals surface area contributed by atoms with Gasteiger partial charge in [0.15, 0.2) is 0 Å². The molecule has 0 unspecified atom stereocenters. The first-order valence-electron chi connectivity index (χ1n) is 6.51. The molecule has 5 heteroatoms. The van der Waals surface area contributed by atoms with Gasteiger partial charge in [-0.05, 0) is 40.2 Å². The molecule has 2 aromatic carbocycles. The van der Waals surface area contributed by atoms with E-state index >= 15 is 0 Å². The van der Waals surface area contributed by atoms with E-state index in [4.69, 9.17) is 0 Å². The first kappa shape index (κ1) is 15.4. The van der Waals surface area contributed by atoms with Crippen molar-refractivity contribution in [1.29, 1.82) is 0 Å². The number of phenols is 1. The van der Waals surface area contributed by atoms with Crippen LogP contribution in [0.5, 0.6) is 5.75 Å². The largest absolute Gasteiger partial charge is 0.506 e. The van der Waals surface area contributed by atoms with Crippen LogP contribution in [0.25, 0.3) is 0 Å². The summed E-state index contributed by atoms with van der Waals surface area (Å²) < 4.78 is 0.665. The van der Waals surface area contributed by atoms with Crippen LogP contribution in [0.3, 0.4) is 0 Å². The molecule has 0 bridgehead atoms. The van der Waals surface area contributed by atoms with Crippen molar-refractivity contribution in [1.82, 2.24) is 4.90 Å². The number of para-hydroxylation sites is 1. The molecule has 2 N–H and O–H groups in total. The SMILES string of the molecule is CN(C)C(=O)c1cccc(NCc2cccc(Br)c2O)c1. The zero-order valence-electron chi connectivity index (χ0n) is 11.9. The number of hydrogen-bond acceptors (Lipinski definition) is 3. The Labute approximate surface area is 132 Å². The zero-order chi connectivity index (χ0) is 15.4. The molecule has 110 valence electrons. The van der Waals surface area contributed by atoms with E-state index in [0.29, 0.717) is 16.6 Å². The highest BCUT2D eigenvalue weighted by atomic mass is 79.9. The first-order chi connectivity index (χ1) is 9.99. The molecule has 1 amide bonds. The molecule has 2 rings (SSSR count). The van der Waals surface area contributed by atoms with Crippen molar-refractivity contribution in [2.24, 2.45) is 0 Å². The van der Waals surface area contributed by atoms with Gasteiger partial charge in [-0.1, -0.05) is 18.2 Å². The molecule has 0 saturated carbocycles. The van der Waals surface area contributed by atoms with E-state index in [1.165, 1.54) is 0 Å². The van der Waals surface area contributed by atoms with Gasteiger partial charge in [0.2, 0.25) is 0 Å². The number of carbonyl (C=O) groups is 1. The fourth-order valence-corrected chi connectivity index (χ4v) is 2.33. The summed E-state index contributed by atoms with van der Waals surface area (Å²) in [5, 5.41) is 13.2. The maximum atomic E-state index is 11.9. The van der Waals surface area contributed by atoms with Crippen molar-refractivity contribution >= 4 is 27.5 Å². The Morgan fingerprint density at radius 1 is 1.24 bits per heavy atom. The first-order valence-corrected chi connectivity index (χ1v) is 7.30. The van der Waals surface area contributed by atoms with Crippen LogP contribution in [0.2, 0.25) is 0 Å². The second-order valence-corrected chi connectivity index (χ2v) is 5.74. The Morgan fingerprint density at radius 3 is 2.67 bits per heavy atom. The number of carbonyl (C=O) groups excluding carboxylic acids is 1. The number of anilines is 1. The van der Waals surface area contributed by atoms with Crippen LogP contribution in [0.1, 0.15) is 15.9 Å². The van der Waals surface area contributed by atoms with Gasteiger partial charge in [-0.25, -0.2) is 0 Å². The molecule has 0 fully saturated rings. The lowest BCUT2D eigenvalue weighted by molar-refractivity contribution is 0.0827. The summed E-state index contributed by atoms with van der Waals surface area (Å²) in [4.78, 5) is 13.5. The van der Waals surface area contributed by atoms with Gasteiger partial charge < -0.3 is 15.3 Å². The zero-order valence-corrected chi connectivity index (χ0v) is 13.5. The van der Waals surface area contributed by atoms with Crippen molar-refractivity contribution < 1.29 is 9.90 Å². The Hall–Kier alpha value is -2.01. The lowest BCUT2D eigenvalue weighted by Crippen LogP contribution is -2.21. The van der Waals surface area contributed by atoms with Crippen LogP contribution >= 0.6 is 15.9 Å². The van der Waals surface area contributed by atoms with Crippen LogP contribution in [0, 0.1) is 0 Å². The molecule has 0 radical (unpaired) electrons. The second-order valence-electron chi connectivity index (χ2n) is 4.88. The van der Waals surface area contributed by atoms with E-state index in [-0.39, 0.29) is 11.7 Å². The number of aromatic hydroxyl groups is 1. The number of rotatable bonds is 4. The van der Waals surface area contributed by atoms with Gasteiger partial charge in [0, 0.05) is 37.5 Å². The second kappa shape index (κ2) is 6.63. The fraction of sp³-hybridized carbons (Fsp3) is 0.188. The summed E-state index contributed by atoms with van der Waals surface area (Å²) >= 11 is 3.29. The molecule has 0 atom stereocenters. The summed E-state index contributed by atoms with van der Waals surface area (Å²) in [6.45, 7) is 0.477. The van der Waals surface area contributed by atoms with E-state index < -0.39 is 0 Å². The van der Waals surface area contributed by atoms with E-state index in [2.05, 4.69) is 21.2 Å². The average molecular weight is 349 g/mol. The Kier molecular flexibility index (Phi) is 4.85. The van der Waals surface area contributed by atoms with Crippen molar-refractivity contribution in [2.75, 3.05) is 19.4 Å². The Bertz CT molecular complexity index is 656. The van der Waals surface area contributed by atoms with Gasteiger partial charge in [-0.2, -0.15) is 0 Å². The minimum Gasteiger partial charge on any atom is -0.506 e. The van der Waals surface area contributed by atoms with Gasteiger partial charge in [0.1, 0.15) is 5.75 Å². The highest BCUT2D eigenvalue weighted by Gasteiger charge is 2.09. The Balaban J connectivity index is 2.12. The lowest BCUT2D eigenvalue weighted by atomic mass is 10.1. The third kappa shape index (κ3) is 3.76. The highest BCUT2D eigenvalue weighted by molar-refractivity contribution is 9.10. The van der Waals surface area contributed by atoms with Crippen LogP contribution in [-0.4, -0.2) is 30.0 Å². The number of hydrogen-bond donors (Lipinski definition) is 2. The van der Waals surface area contributed by atoms with Gasteiger partial charge >= 0.3 is 0 Å². The molecule has 2 aromatic rings. The molecule has 0 saturated heterocycles. The van der Waals surface area contributed by atoms with E-state index in [9.17, 15) is 9.90 Å². The van der Waals surface area contributed by atoms with Crippen LogP contribution in [0.4, 0.5) is 5.69 Å². The number of nitrogens with zero attached hydrogens (tertiary/aromatic N) is 1. The van der Waals surface area contributed by atoms with Crippen molar-refractivity contribution in [3.05, 3.63) is 58.1 Å². The molecule has 0 heterocycles. The van der Waals surface area contributed by atoms with Gasteiger partial charge in [-0.3, -0.25) is 4.79 Å². The lowest BCUT2D eigenvalue weighted by Gasteiger charge is -2.13. The van der Waals surface area contributed by atoms with Crippen molar-refractivity contribution in [2.45, 2.75) is 6.54 Å². The molecule has 0 spiro atoms. The quantitative estimate of drug-likeness (QED) is 0.889.